The van der Waals surface area contributed by atoms with Gasteiger partial charge in [0.1, 0.15) is 0 Å². The molecule has 0 bridgehead atoms. The van der Waals surface area contributed by atoms with E-state index < -0.39 is 0 Å². The van der Waals surface area contributed by atoms with Crippen molar-refractivity contribution in [1.29, 1.82) is 0 Å². The summed E-state index contributed by atoms with van der Waals surface area (Å²) in [5.41, 5.74) is 7.25. The molecule has 0 spiro atoms. The second kappa shape index (κ2) is 5.92. The molecule has 6 heteroatoms. The SMILES string of the molecule is NC(=S)Nc1cccc(NC(=O)c2cccnc2)c1. The molecule has 0 unspecified atom stereocenters. The van der Waals surface area contributed by atoms with Crippen LogP contribution in [0.4, 0.5) is 11.4 Å². The third-order valence-electron chi connectivity index (χ3n) is 2.31. The molecule has 2 rings (SSSR count). The fourth-order valence-electron chi connectivity index (χ4n) is 1.52. The van der Waals surface area contributed by atoms with E-state index in [1.807, 2.05) is 0 Å². The standard InChI is InChI=1S/C13H12N4OS/c14-13(19)17-11-5-1-4-10(7-11)16-12(18)9-3-2-6-15-8-9/h1-8H,(H,16,18)(H3,14,17,19). The molecular weight excluding hydrogens is 260 g/mol. The maximum absolute atomic E-state index is 11.9. The summed E-state index contributed by atoms with van der Waals surface area (Å²) in [6.45, 7) is 0. The highest BCUT2D eigenvalue weighted by Gasteiger charge is 2.05. The second-order valence-corrected chi connectivity index (χ2v) is 4.21. The number of carbonyl (C=O) groups is 1. The minimum absolute atomic E-state index is 0.177. The van der Waals surface area contributed by atoms with E-state index in [0.717, 1.165) is 5.69 Å². The van der Waals surface area contributed by atoms with Crippen molar-refractivity contribution in [2.24, 2.45) is 5.73 Å². The number of nitrogens with one attached hydrogen (secondary N) is 2. The van der Waals surface area contributed by atoms with Crippen molar-refractivity contribution in [3.63, 3.8) is 0 Å². The van der Waals surface area contributed by atoms with Crippen LogP contribution < -0.4 is 16.4 Å². The fraction of sp³-hybridized carbons (Fsp3) is 0. The molecule has 1 heterocycles. The molecule has 2 aromatic rings. The van der Waals surface area contributed by atoms with Crippen molar-refractivity contribution in [1.82, 2.24) is 4.98 Å². The zero-order valence-electron chi connectivity index (χ0n) is 9.96. The number of hydrogen-bond donors (Lipinski definition) is 3. The molecule has 0 radical (unpaired) electrons. The van der Waals surface area contributed by atoms with Gasteiger partial charge in [0, 0.05) is 23.8 Å². The lowest BCUT2D eigenvalue weighted by Gasteiger charge is -2.08. The zero-order valence-corrected chi connectivity index (χ0v) is 10.8. The Morgan fingerprint density at radius 3 is 2.53 bits per heavy atom. The van der Waals surface area contributed by atoms with Gasteiger partial charge in [0.25, 0.3) is 5.91 Å². The monoisotopic (exact) mass is 272 g/mol. The predicted molar refractivity (Wildman–Crippen MR) is 79.0 cm³/mol. The Hall–Kier alpha value is -2.47. The van der Waals surface area contributed by atoms with Crippen molar-refractivity contribution in [3.05, 3.63) is 54.4 Å². The van der Waals surface area contributed by atoms with E-state index >= 15 is 0 Å². The number of aromatic nitrogens is 1. The summed E-state index contributed by atoms with van der Waals surface area (Å²) in [5, 5.41) is 5.75. The van der Waals surface area contributed by atoms with Crippen LogP contribution in [0.2, 0.25) is 0 Å². The summed E-state index contributed by atoms with van der Waals surface area (Å²) in [4.78, 5) is 15.8. The van der Waals surface area contributed by atoms with Gasteiger partial charge in [0.2, 0.25) is 0 Å². The Morgan fingerprint density at radius 2 is 1.89 bits per heavy atom. The van der Waals surface area contributed by atoms with Gasteiger partial charge in [-0.15, -0.1) is 0 Å². The van der Waals surface area contributed by atoms with Crippen molar-refractivity contribution >= 4 is 34.6 Å². The highest BCUT2D eigenvalue weighted by atomic mass is 32.1. The molecule has 0 fully saturated rings. The van der Waals surface area contributed by atoms with Gasteiger partial charge in [0.15, 0.2) is 5.11 Å². The number of carbonyl (C=O) groups excluding carboxylic acids is 1. The molecule has 5 nitrogen and oxygen atoms in total. The highest BCUT2D eigenvalue weighted by molar-refractivity contribution is 7.80. The van der Waals surface area contributed by atoms with Crippen molar-refractivity contribution in [3.8, 4) is 0 Å². The average molecular weight is 272 g/mol. The average Bonchev–Trinajstić information content (AvgIpc) is 2.39. The summed E-state index contributed by atoms with van der Waals surface area (Å²) in [7, 11) is 0. The van der Waals surface area contributed by atoms with Crippen LogP contribution in [0.25, 0.3) is 0 Å². The van der Waals surface area contributed by atoms with Gasteiger partial charge in [-0.1, -0.05) is 6.07 Å². The van der Waals surface area contributed by atoms with E-state index in [9.17, 15) is 4.79 Å². The lowest BCUT2D eigenvalue weighted by Crippen LogP contribution is -2.19. The molecular formula is C13H12N4OS. The van der Waals surface area contributed by atoms with Gasteiger partial charge >= 0.3 is 0 Å². The molecule has 0 saturated carbocycles. The van der Waals surface area contributed by atoms with Crippen LogP contribution in [-0.4, -0.2) is 16.0 Å². The molecule has 0 aliphatic carbocycles. The third-order valence-corrected chi connectivity index (χ3v) is 2.41. The minimum atomic E-state index is -0.222. The first-order chi connectivity index (χ1) is 9.15. The van der Waals surface area contributed by atoms with Gasteiger partial charge in [0.05, 0.1) is 5.56 Å². The number of anilines is 2. The first-order valence-electron chi connectivity index (χ1n) is 5.53. The Labute approximate surface area is 115 Å². The van der Waals surface area contributed by atoms with Crippen LogP contribution in [0, 0.1) is 0 Å². The van der Waals surface area contributed by atoms with Gasteiger partial charge < -0.3 is 16.4 Å². The molecule has 1 aromatic heterocycles. The molecule has 96 valence electrons. The minimum Gasteiger partial charge on any atom is -0.376 e. The van der Waals surface area contributed by atoms with Crippen molar-refractivity contribution in [2.75, 3.05) is 10.6 Å². The van der Waals surface area contributed by atoms with Crippen LogP contribution in [0.1, 0.15) is 10.4 Å². The maximum atomic E-state index is 11.9. The van der Waals surface area contributed by atoms with Crippen LogP contribution in [-0.2, 0) is 0 Å². The Bertz CT molecular complexity index is 601. The van der Waals surface area contributed by atoms with E-state index in [-0.39, 0.29) is 11.0 Å². The second-order valence-electron chi connectivity index (χ2n) is 3.77. The number of nitrogens with two attached hydrogens (primary N) is 1. The first-order valence-corrected chi connectivity index (χ1v) is 5.94. The number of rotatable bonds is 3. The number of benzene rings is 1. The van der Waals surface area contributed by atoms with Crippen LogP contribution in [0.3, 0.4) is 0 Å². The van der Waals surface area contributed by atoms with E-state index in [1.54, 1.807) is 42.6 Å². The van der Waals surface area contributed by atoms with E-state index in [0.29, 0.717) is 11.3 Å². The Kier molecular flexibility index (Phi) is 4.04. The van der Waals surface area contributed by atoms with E-state index in [2.05, 4.69) is 15.6 Å². The Morgan fingerprint density at radius 1 is 1.16 bits per heavy atom. The van der Waals surface area contributed by atoms with E-state index in [1.165, 1.54) is 6.20 Å². The summed E-state index contributed by atoms with van der Waals surface area (Å²) in [5.74, 6) is -0.222. The lowest BCUT2D eigenvalue weighted by molar-refractivity contribution is 0.102. The molecule has 0 atom stereocenters. The smallest absolute Gasteiger partial charge is 0.257 e. The number of amides is 1. The van der Waals surface area contributed by atoms with Gasteiger partial charge in [-0.25, -0.2) is 0 Å². The summed E-state index contributed by atoms with van der Waals surface area (Å²) >= 11 is 4.76. The van der Waals surface area contributed by atoms with Crippen LogP contribution in [0.15, 0.2) is 48.8 Å². The molecule has 1 amide bonds. The largest absolute Gasteiger partial charge is 0.376 e. The molecule has 0 aliphatic heterocycles. The van der Waals surface area contributed by atoms with E-state index in [4.69, 9.17) is 18.0 Å². The highest BCUT2D eigenvalue weighted by Crippen LogP contribution is 2.15. The zero-order chi connectivity index (χ0) is 13.7. The molecule has 4 N–H and O–H groups in total. The molecule has 0 saturated heterocycles. The third kappa shape index (κ3) is 3.75. The number of thiocarbonyl (C=S) groups is 1. The molecule has 19 heavy (non-hydrogen) atoms. The number of nitrogens with zero attached hydrogens (tertiary/aromatic N) is 1. The summed E-state index contributed by atoms with van der Waals surface area (Å²) < 4.78 is 0. The molecule has 0 aliphatic rings. The quantitative estimate of drug-likeness (QED) is 0.745. The summed E-state index contributed by atoms with van der Waals surface area (Å²) in [6, 6.07) is 10.5. The fourth-order valence-corrected chi connectivity index (χ4v) is 1.64. The summed E-state index contributed by atoms with van der Waals surface area (Å²) in [6.07, 6.45) is 3.12. The normalized spacial score (nSPS) is 9.68. The van der Waals surface area contributed by atoms with Crippen LogP contribution >= 0.6 is 12.2 Å². The molecule has 1 aromatic carbocycles. The van der Waals surface area contributed by atoms with Crippen molar-refractivity contribution in [2.45, 2.75) is 0 Å². The Balaban J connectivity index is 2.11. The van der Waals surface area contributed by atoms with Crippen molar-refractivity contribution < 1.29 is 4.79 Å². The van der Waals surface area contributed by atoms with Gasteiger partial charge in [-0.2, -0.15) is 0 Å². The first kappa shape index (κ1) is 13.0. The topological polar surface area (TPSA) is 80.0 Å². The van der Waals surface area contributed by atoms with Crippen LogP contribution in [0.5, 0.6) is 0 Å². The number of hydrogen-bond acceptors (Lipinski definition) is 3. The van der Waals surface area contributed by atoms with Gasteiger partial charge in [-0.05, 0) is 42.5 Å². The maximum Gasteiger partial charge on any atom is 0.257 e. The van der Waals surface area contributed by atoms with Gasteiger partial charge in [-0.3, -0.25) is 9.78 Å². The lowest BCUT2D eigenvalue weighted by atomic mass is 10.2. The predicted octanol–water partition coefficient (Wildman–Crippen LogP) is 1.99. The number of pyridine rings is 1.